The lowest BCUT2D eigenvalue weighted by Gasteiger charge is -2.37. The monoisotopic (exact) mass is 886 g/mol. The molecule has 0 aliphatic carbocycles. The Morgan fingerprint density at radius 3 is 1.84 bits per heavy atom. The van der Waals surface area contributed by atoms with Gasteiger partial charge in [0.05, 0.1) is 52.1 Å². The maximum Gasteiger partial charge on any atom is 0.409 e. The predicted octanol–water partition coefficient (Wildman–Crippen LogP) is 2.99. The molecule has 8 rings (SSSR count). The Labute approximate surface area is 369 Å². The van der Waals surface area contributed by atoms with Crippen molar-refractivity contribution in [3.8, 4) is 40.2 Å². The van der Waals surface area contributed by atoms with E-state index in [0.29, 0.717) is 132 Å². The average Bonchev–Trinajstić information content (AvgIpc) is 3.31. The molecule has 64 heavy (non-hydrogen) atoms. The number of anilines is 4. The van der Waals surface area contributed by atoms with E-state index in [1.165, 1.54) is 21.3 Å². The molecule has 21 heteroatoms. The minimum absolute atomic E-state index is 0.0680. The van der Waals surface area contributed by atoms with E-state index >= 15 is 0 Å². The number of methoxy groups -OCH3 is 5. The molecule has 0 spiro atoms. The van der Waals surface area contributed by atoms with Gasteiger partial charge in [0.15, 0.2) is 34.5 Å². The first-order valence-corrected chi connectivity index (χ1v) is 20.5. The fourth-order valence-corrected chi connectivity index (χ4v) is 7.38. The van der Waals surface area contributed by atoms with Crippen molar-refractivity contribution in [2.75, 3.05) is 122 Å². The van der Waals surface area contributed by atoms with Crippen LogP contribution in [0.1, 0.15) is 13.8 Å². The number of amides is 2. The molecule has 0 bridgehead atoms. The predicted molar refractivity (Wildman–Crippen MR) is 237 cm³/mol. The molecule has 342 valence electrons. The first-order valence-electron chi connectivity index (χ1n) is 20.5. The van der Waals surface area contributed by atoms with E-state index in [-0.39, 0.29) is 24.9 Å². The molecule has 1 unspecified atom stereocenters. The van der Waals surface area contributed by atoms with Crippen LogP contribution in [0.2, 0.25) is 0 Å². The third-order valence-corrected chi connectivity index (χ3v) is 10.8. The van der Waals surface area contributed by atoms with Gasteiger partial charge in [-0.3, -0.25) is 4.79 Å². The van der Waals surface area contributed by atoms with E-state index < -0.39 is 17.8 Å². The Hall–Kier alpha value is -7.16. The van der Waals surface area contributed by atoms with Crippen LogP contribution >= 0.6 is 0 Å². The lowest BCUT2D eigenvalue weighted by molar-refractivity contribution is -0.141. The fraction of sp³-hybridized carbons (Fsp3) is 0.442. The van der Waals surface area contributed by atoms with Gasteiger partial charge >= 0.3 is 6.09 Å². The Bertz CT molecular complexity index is 2490. The van der Waals surface area contributed by atoms with Gasteiger partial charge < -0.3 is 74.1 Å². The van der Waals surface area contributed by atoms with Gasteiger partial charge in [-0.2, -0.15) is 9.97 Å². The summed E-state index contributed by atoms with van der Waals surface area (Å²) in [5.74, 6) is 5.18. The number of ether oxygens (including phenoxy) is 8. The molecule has 2 fully saturated rings. The highest BCUT2D eigenvalue weighted by molar-refractivity contribution is 5.97. The molecule has 5 heterocycles. The zero-order valence-electron chi connectivity index (χ0n) is 37.0. The second kappa shape index (κ2) is 19.1. The Balaban J connectivity index is 0.000000192. The summed E-state index contributed by atoms with van der Waals surface area (Å²) in [4.78, 5) is 50.8. The Morgan fingerprint density at radius 2 is 1.25 bits per heavy atom. The number of nitrogens with zero attached hydrogens (tertiary/aromatic N) is 8. The summed E-state index contributed by atoms with van der Waals surface area (Å²) in [6, 6.07) is 12.6. The highest BCUT2D eigenvalue weighted by Gasteiger charge is 2.34. The fourth-order valence-electron chi connectivity index (χ4n) is 7.38. The summed E-state index contributed by atoms with van der Waals surface area (Å²) in [5.41, 5.74) is 12.5. The van der Waals surface area contributed by atoms with E-state index in [1.807, 2.05) is 28.0 Å². The molecule has 2 aromatic heterocycles. The second-order valence-electron chi connectivity index (χ2n) is 15.6. The number of rotatable bonds is 10. The summed E-state index contributed by atoms with van der Waals surface area (Å²) in [6.07, 6.45) is -1.11. The van der Waals surface area contributed by atoms with Crippen molar-refractivity contribution in [1.82, 2.24) is 29.7 Å². The van der Waals surface area contributed by atoms with E-state index in [4.69, 9.17) is 49.4 Å². The molecule has 0 saturated carbocycles. The van der Waals surface area contributed by atoms with Crippen molar-refractivity contribution in [2.45, 2.75) is 25.6 Å². The molecule has 1 atom stereocenters. The molecule has 3 aliphatic rings. The van der Waals surface area contributed by atoms with Crippen molar-refractivity contribution in [2.24, 2.45) is 0 Å². The van der Waals surface area contributed by atoms with Crippen LogP contribution in [0.25, 0.3) is 21.8 Å². The number of hydrogen-bond donors (Lipinski definition) is 3. The van der Waals surface area contributed by atoms with Gasteiger partial charge in [0.25, 0.3) is 5.91 Å². The minimum Gasteiger partial charge on any atom is -0.493 e. The Morgan fingerprint density at radius 1 is 0.703 bits per heavy atom. The lowest BCUT2D eigenvalue weighted by Crippen LogP contribution is -2.54. The number of nitrogen functional groups attached to an aromatic ring is 2. The zero-order valence-corrected chi connectivity index (χ0v) is 37.0. The van der Waals surface area contributed by atoms with Crippen LogP contribution in [-0.2, 0) is 9.53 Å². The van der Waals surface area contributed by atoms with Gasteiger partial charge in [-0.15, -0.1) is 0 Å². The number of nitrogens with two attached hydrogens (primary N) is 2. The molecule has 5 aromatic rings. The topological polar surface area (TPSA) is 245 Å². The van der Waals surface area contributed by atoms with E-state index in [0.717, 1.165) is 0 Å². The maximum absolute atomic E-state index is 13.0. The molecule has 5 N–H and O–H groups in total. The van der Waals surface area contributed by atoms with Crippen LogP contribution in [0, 0.1) is 0 Å². The van der Waals surface area contributed by atoms with Gasteiger partial charge in [0.1, 0.15) is 30.4 Å². The third-order valence-electron chi connectivity index (χ3n) is 10.8. The summed E-state index contributed by atoms with van der Waals surface area (Å²) >= 11 is 0. The van der Waals surface area contributed by atoms with Crippen molar-refractivity contribution < 1.29 is 52.6 Å². The van der Waals surface area contributed by atoms with Crippen LogP contribution in [0.4, 0.5) is 28.3 Å². The summed E-state index contributed by atoms with van der Waals surface area (Å²) in [7, 11) is 7.71. The minimum atomic E-state index is -1.07. The number of hydrogen-bond acceptors (Lipinski definition) is 19. The van der Waals surface area contributed by atoms with E-state index in [2.05, 4.69) is 19.9 Å². The smallest absolute Gasteiger partial charge is 0.409 e. The van der Waals surface area contributed by atoms with Crippen molar-refractivity contribution in [1.29, 1.82) is 0 Å². The molecule has 3 aromatic carbocycles. The number of carbonyl (C=O) groups excluding carboxylic acids is 2. The number of fused-ring (bicyclic) bond motifs is 3. The SMILES string of the molecule is COc1cc2c(N)nc(N3CCN(C(=O)OCC(C)(C)O)CC3)nc2c(OC)c1OC.COc1cc2nc(N3CCN(C(=O)C4COc5ccccc5O4)CC3)nc(N)c2cc1OC. The molecule has 3 aliphatic heterocycles. The van der Waals surface area contributed by atoms with Gasteiger partial charge in [-0.25, -0.2) is 14.8 Å². The van der Waals surface area contributed by atoms with Crippen LogP contribution < -0.4 is 54.4 Å². The summed E-state index contributed by atoms with van der Waals surface area (Å²) in [5, 5.41) is 11.0. The molecule has 2 saturated heterocycles. The van der Waals surface area contributed by atoms with Crippen molar-refractivity contribution in [3.05, 3.63) is 42.5 Å². The quantitative estimate of drug-likeness (QED) is 0.182. The zero-order chi connectivity index (χ0) is 45.7. The summed E-state index contributed by atoms with van der Waals surface area (Å²) < 4.78 is 43.8. The number of para-hydroxylation sites is 2. The highest BCUT2D eigenvalue weighted by atomic mass is 16.6. The molecule has 2 amide bonds. The van der Waals surface area contributed by atoms with Crippen molar-refractivity contribution in [3.63, 3.8) is 0 Å². The molecule has 0 radical (unpaired) electrons. The van der Waals surface area contributed by atoms with Gasteiger partial charge in [-0.05, 0) is 38.1 Å². The van der Waals surface area contributed by atoms with Crippen LogP contribution in [0.5, 0.6) is 40.2 Å². The number of aromatic nitrogens is 4. The van der Waals surface area contributed by atoms with Gasteiger partial charge in [-0.1, -0.05) is 12.1 Å². The van der Waals surface area contributed by atoms with Crippen molar-refractivity contribution >= 4 is 57.3 Å². The molecular formula is C43H54N10O11. The lowest BCUT2D eigenvalue weighted by atomic mass is 10.2. The van der Waals surface area contributed by atoms with Gasteiger partial charge in [0, 0.05) is 63.8 Å². The number of carbonyl (C=O) groups is 2. The van der Waals surface area contributed by atoms with E-state index in [9.17, 15) is 14.7 Å². The normalized spacial score (nSPS) is 16.2. The summed E-state index contributed by atoms with van der Waals surface area (Å²) in [6.45, 7) is 7.34. The first kappa shape index (κ1) is 44.9. The van der Waals surface area contributed by atoms with Gasteiger partial charge in [0.2, 0.25) is 23.8 Å². The maximum atomic E-state index is 13.0. The number of benzene rings is 3. The number of aliphatic hydroxyl groups is 1. The number of piperazine rings is 2. The molecular weight excluding hydrogens is 833 g/mol. The molecule has 21 nitrogen and oxygen atoms in total. The van der Waals surface area contributed by atoms with Crippen LogP contribution in [-0.4, -0.2) is 160 Å². The van der Waals surface area contributed by atoms with E-state index in [1.54, 1.807) is 62.1 Å². The first-order chi connectivity index (χ1) is 30.7. The Kier molecular flexibility index (Phi) is 13.4. The second-order valence-corrected chi connectivity index (χ2v) is 15.6. The third kappa shape index (κ3) is 9.58. The van der Waals surface area contributed by atoms with Crippen LogP contribution in [0.15, 0.2) is 42.5 Å². The van der Waals surface area contributed by atoms with Crippen LogP contribution in [0.3, 0.4) is 0 Å². The average molecular weight is 887 g/mol. The largest absolute Gasteiger partial charge is 0.493 e. The standard InChI is InChI=1S/C23H25N5O5.C20H29N5O6/c1-30-18-11-14-15(12-19(18)31-2)25-23(26-21(14)24)28-9-7-27(8-10-28)22(29)20-13-32-16-5-3-4-6-17(16)33-20;1-20(2,27)11-31-19(26)25-8-6-24(7-9-25)18-22-14-12(17(21)23-18)10-13(28-3)15(29-4)16(14)30-5/h3-6,11-12,20H,7-10,13H2,1-2H3,(H2,24,25,26);10,27H,6-9,11H2,1-5H3,(H2,21,22,23). The highest BCUT2D eigenvalue weighted by Crippen LogP contribution is 2.44.